The Morgan fingerprint density at radius 3 is 2.56 bits per heavy atom. The standard InChI is InChI=1S/C21H30N4OS/c1-14(2)12-19-22-16(4)20(27-19)21(26)23-17-6-7-18(15(3)13-17)25-10-8-24(5)9-11-25/h6-7,13-14H,8-12H2,1-5H3,(H,23,26). The predicted molar refractivity (Wildman–Crippen MR) is 114 cm³/mol. The van der Waals surface area contributed by atoms with E-state index in [0.29, 0.717) is 10.8 Å². The summed E-state index contributed by atoms with van der Waals surface area (Å²) in [6, 6.07) is 6.20. The van der Waals surface area contributed by atoms with Crippen molar-refractivity contribution in [1.29, 1.82) is 0 Å². The van der Waals surface area contributed by atoms with Gasteiger partial charge < -0.3 is 15.1 Å². The highest BCUT2D eigenvalue weighted by Gasteiger charge is 2.18. The fourth-order valence-electron chi connectivity index (χ4n) is 3.42. The van der Waals surface area contributed by atoms with Crippen molar-refractivity contribution >= 4 is 28.6 Å². The largest absolute Gasteiger partial charge is 0.369 e. The molecular formula is C21H30N4OS. The first-order valence-electron chi connectivity index (χ1n) is 9.65. The number of thiazole rings is 1. The van der Waals surface area contributed by atoms with Crippen LogP contribution in [0.4, 0.5) is 11.4 Å². The van der Waals surface area contributed by atoms with Gasteiger partial charge in [0.1, 0.15) is 4.88 Å². The van der Waals surface area contributed by atoms with Gasteiger partial charge in [0.2, 0.25) is 0 Å². The molecule has 6 heteroatoms. The zero-order valence-corrected chi connectivity index (χ0v) is 17.8. The van der Waals surface area contributed by atoms with E-state index in [1.54, 1.807) is 0 Å². The molecule has 1 aliphatic heterocycles. The predicted octanol–water partition coefficient (Wildman–Crippen LogP) is 3.96. The van der Waals surface area contributed by atoms with Crippen LogP contribution < -0.4 is 10.2 Å². The van der Waals surface area contributed by atoms with Gasteiger partial charge in [-0.25, -0.2) is 4.98 Å². The van der Waals surface area contributed by atoms with Crippen molar-refractivity contribution < 1.29 is 4.79 Å². The number of hydrogen-bond donors (Lipinski definition) is 1. The lowest BCUT2D eigenvalue weighted by Gasteiger charge is -2.35. The van der Waals surface area contributed by atoms with Gasteiger partial charge in [-0.15, -0.1) is 11.3 Å². The second kappa shape index (κ2) is 8.40. The molecule has 1 amide bonds. The maximum absolute atomic E-state index is 12.7. The Balaban J connectivity index is 1.70. The molecule has 1 aromatic carbocycles. The first-order chi connectivity index (χ1) is 12.8. The molecule has 1 saturated heterocycles. The summed E-state index contributed by atoms with van der Waals surface area (Å²) < 4.78 is 0. The number of nitrogens with one attached hydrogen (secondary N) is 1. The number of piperazine rings is 1. The Morgan fingerprint density at radius 2 is 1.93 bits per heavy atom. The number of aromatic nitrogens is 1. The Hall–Kier alpha value is -1.92. The second-order valence-electron chi connectivity index (χ2n) is 7.87. The zero-order chi connectivity index (χ0) is 19.6. The number of amides is 1. The molecule has 2 aromatic rings. The topological polar surface area (TPSA) is 48.5 Å². The molecule has 2 heterocycles. The van der Waals surface area contributed by atoms with E-state index < -0.39 is 0 Å². The summed E-state index contributed by atoms with van der Waals surface area (Å²) in [6.45, 7) is 12.6. The van der Waals surface area contributed by atoms with Crippen LogP contribution in [0.1, 0.15) is 39.8 Å². The van der Waals surface area contributed by atoms with Crippen molar-refractivity contribution in [3.8, 4) is 0 Å². The molecule has 0 unspecified atom stereocenters. The normalized spacial score (nSPS) is 15.4. The van der Waals surface area contributed by atoms with Crippen LogP contribution in [0.15, 0.2) is 18.2 Å². The van der Waals surface area contributed by atoms with E-state index in [0.717, 1.165) is 49.0 Å². The molecule has 0 spiro atoms. The van der Waals surface area contributed by atoms with Gasteiger partial charge in [0.05, 0.1) is 10.7 Å². The van der Waals surface area contributed by atoms with Crippen molar-refractivity contribution in [2.24, 2.45) is 5.92 Å². The van der Waals surface area contributed by atoms with Crippen molar-refractivity contribution in [3.05, 3.63) is 39.3 Å². The lowest BCUT2D eigenvalue weighted by atomic mass is 10.1. The van der Waals surface area contributed by atoms with Crippen LogP contribution in [0, 0.1) is 19.8 Å². The molecule has 0 bridgehead atoms. The van der Waals surface area contributed by atoms with Crippen molar-refractivity contribution in [2.45, 2.75) is 34.1 Å². The Labute approximate surface area is 166 Å². The van der Waals surface area contributed by atoms with Gasteiger partial charge in [0.25, 0.3) is 5.91 Å². The molecule has 27 heavy (non-hydrogen) atoms. The van der Waals surface area contributed by atoms with Gasteiger partial charge >= 0.3 is 0 Å². The van der Waals surface area contributed by atoms with Crippen LogP contribution >= 0.6 is 11.3 Å². The smallest absolute Gasteiger partial charge is 0.267 e. The molecule has 0 saturated carbocycles. The molecule has 0 radical (unpaired) electrons. The highest BCUT2D eigenvalue weighted by atomic mass is 32.1. The average Bonchev–Trinajstić information content (AvgIpc) is 2.96. The first-order valence-corrected chi connectivity index (χ1v) is 10.5. The molecule has 146 valence electrons. The summed E-state index contributed by atoms with van der Waals surface area (Å²) in [7, 11) is 2.16. The van der Waals surface area contributed by atoms with Gasteiger partial charge in [0, 0.05) is 44.0 Å². The van der Waals surface area contributed by atoms with E-state index in [-0.39, 0.29) is 5.91 Å². The highest BCUT2D eigenvalue weighted by molar-refractivity contribution is 7.13. The summed E-state index contributed by atoms with van der Waals surface area (Å²) in [5, 5.41) is 4.08. The van der Waals surface area contributed by atoms with Crippen LogP contribution in [0.2, 0.25) is 0 Å². The summed E-state index contributed by atoms with van der Waals surface area (Å²) in [5.41, 5.74) is 4.11. The number of carbonyl (C=O) groups is 1. The number of aryl methyl sites for hydroxylation is 2. The van der Waals surface area contributed by atoms with Gasteiger partial charge in [-0.05, 0) is 50.6 Å². The molecule has 1 aliphatic rings. The highest BCUT2D eigenvalue weighted by Crippen LogP contribution is 2.26. The minimum atomic E-state index is -0.0632. The van der Waals surface area contributed by atoms with E-state index >= 15 is 0 Å². The van der Waals surface area contributed by atoms with Crippen LogP contribution in [-0.4, -0.2) is 49.0 Å². The molecule has 1 aromatic heterocycles. The van der Waals surface area contributed by atoms with Crippen LogP contribution in [0.5, 0.6) is 0 Å². The minimum Gasteiger partial charge on any atom is -0.369 e. The molecule has 3 rings (SSSR count). The van der Waals surface area contributed by atoms with E-state index in [2.05, 4.69) is 60.1 Å². The number of nitrogens with zero attached hydrogens (tertiary/aromatic N) is 3. The SMILES string of the molecule is Cc1cc(NC(=O)c2sc(CC(C)C)nc2C)ccc1N1CCN(C)CC1. The summed E-state index contributed by atoms with van der Waals surface area (Å²) in [5.74, 6) is 0.475. The number of likely N-dealkylation sites (N-methyl/N-ethyl adjacent to an activating group) is 1. The minimum absolute atomic E-state index is 0.0632. The van der Waals surface area contributed by atoms with Crippen molar-refractivity contribution in [2.75, 3.05) is 43.4 Å². The molecule has 1 fully saturated rings. The first kappa shape index (κ1) is 19.8. The molecule has 1 N–H and O–H groups in total. The maximum Gasteiger partial charge on any atom is 0.267 e. The molecular weight excluding hydrogens is 356 g/mol. The Morgan fingerprint density at radius 1 is 1.22 bits per heavy atom. The van der Waals surface area contributed by atoms with E-state index in [4.69, 9.17) is 0 Å². The number of carbonyl (C=O) groups excluding carboxylic acids is 1. The zero-order valence-electron chi connectivity index (χ0n) is 17.0. The van der Waals surface area contributed by atoms with Gasteiger partial charge in [0.15, 0.2) is 0 Å². The summed E-state index contributed by atoms with van der Waals surface area (Å²) in [4.78, 5) is 22.8. The van der Waals surface area contributed by atoms with Crippen LogP contribution in [0.3, 0.4) is 0 Å². The third-order valence-electron chi connectivity index (χ3n) is 4.93. The monoisotopic (exact) mass is 386 g/mol. The molecule has 0 atom stereocenters. The van der Waals surface area contributed by atoms with Gasteiger partial charge in [-0.1, -0.05) is 13.8 Å². The summed E-state index contributed by atoms with van der Waals surface area (Å²) in [6.07, 6.45) is 0.914. The Bertz CT molecular complexity index is 807. The number of hydrogen-bond acceptors (Lipinski definition) is 5. The fraction of sp³-hybridized carbons (Fsp3) is 0.524. The quantitative estimate of drug-likeness (QED) is 0.845. The number of benzene rings is 1. The maximum atomic E-state index is 12.7. The van der Waals surface area contributed by atoms with Gasteiger partial charge in [-0.2, -0.15) is 0 Å². The van der Waals surface area contributed by atoms with Crippen molar-refractivity contribution in [3.63, 3.8) is 0 Å². The second-order valence-corrected chi connectivity index (χ2v) is 8.95. The van der Waals surface area contributed by atoms with E-state index in [1.165, 1.54) is 22.6 Å². The number of anilines is 2. The molecule has 0 aliphatic carbocycles. The fourth-order valence-corrected chi connectivity index (χ4v) is 4.59. The van der Waals surface area contributed by atoms with E-state index in [9.17, 15) is 4.79 Å². The van der Waals surface area contributed by atoms with Crippen LogP contribution in [0.25, 0.3) is 0 Å². The third-order valence-corrected chi connectivity index (χ3v) is 6.11. The Kier molecular flexibility index (Phi) is 6.17. The average molecular weight is 387 g/mol. The van der Waals surface area contributed by atoms with Crippen LogP contribution in [-0.2, 0) is 6.42 Å². The van der Waals surface area contributed by atoms with E-state index in [1.807, 2.05) is 13.0 Å². The lowest BCUT2D eigenvalue weighted by molar-refractivity contribution is 0.103. The lowest BCUT2D eigenvalue weighted by Crippen LogP contribution is -2.44. The summed E-state index contributed by atoms with van der Waals surface area (Å²) >= 11 is 1.51. The molecule has 5 nitrogen and oxygen atoms in total. The number of rotatable bonds is 5. The van der Waals surface area contributed by atoms with Crippen molar-refractivity contribution in [1.82, 2.24) is 9.88 Å². The van der Waals surface area contributed by atoms with Gasteiger partial charge in [-0.3, -0.25) is 4.79 Å². The third kappa shape index (κ3) is 4.87.